The van der Waals surface area contributed by atoms with Crippen LogP contribution in [0.5, 0.6) is 5.75 Å². The lowest BCUT2D eigenvalue weighted by Gasteiger charge is -2.09. The molecule has 122 valence electrons. The predicted octanol–water partition coefficient (Wildman–Crippen LogP) is 1.70. The summed E-state index contributed by atoms with van der Waals surface area (Å²) in [5.74, 6) is -1.45. The first-order chi connectivity index (χ1) is 11.6. The second-order valence-electron chi connectivity index (χ2n) is 4.86. The van der Waals surface area contributed by atoms with E-state index in [9.17, 15) is 14.7 Å². The van der Waals surface area contributed by atoms with E-state index in [1.807, 2.05) is 0 Å². The Morgan fingerprint density at radius 2 is 1.83 bits per heavy atom. The smallest absolute Gasteiger partial charge is 0.361 e. The number of aromatic hydroxyl groups is 1. The Kier molecular flexibility index (Phi) is 3.87. The van der Waals surface area contributed by atoms with E-state index in [2.05, 4.69) is 15.0 Å². The van der Waals surface area contributed by atoms with Crippen molar-refractivity contribution in [2.45, 2.75) is 0 Å². The lowest BCUT2D eigenvalue weighted by molar-refractivity contribution is 0.0546. The monoisotopic (exact) mass is 327 g/mol. The number of phenols is 1. The second-order valence-corrected chi connectivity index (χ2v) is 4.86. The fourth-order valence-corrected chi connectivity index (χ4v) is 2.40. The van der Waals surface area contributed by atoms with Crippen molar-refractivity contribution in [1.29, 1.82) is 0 Å². The van der Waals surface area contributed by atoms with Gasteiger partial charge in [0.1, 0.15) is 5.75 Å². The van der Waals surface area contributed by atoms with Crippen LogP contribution in [0.15, 0.2) is 36.4 Å². The highest BCUT2D eigenvalue weighted by atomic mass is 16.5. The van der Waals surface area contributed by atoms with Gasteiger partial charge in [0, 0.05) is 5.39 Å². The van der Waals surface area contributed by atoms with Crippen molar-refractivity contribution < 1.29 is 24.2 Å². The average Bonchev–Trinajstić information content (AvgIpc) is 3.04. The van der Waals surface area contributed by atoms with Crippen molar-refractivity contribution in [1.82, 2.24) is 15.0 Å². The molecule has 0 saturated carbocycles. The predicted molar refractivity (Wildman–Crippen MR) is 83.2 cm³/mol. The quantitative estimate of drug-likeness (QED) is 0.730. The highest BCUT2D eigenvalue weighted by Crippen LogP contribution is 2.27. The number of carbonyl (C=O) groups is 2. The van der Waals surface area contributed by atoms with Gasteiger partial charge >= 0.3 is 11.9 Å². The minimum atomic E-state index is -0.792. The first-order valence-electron chi connectivity index (χ1n) is 6.91. The van der Waals surface area contributed by atoms with Crippen LogP contribution in [0.4, 0.5) is 0 Å². The van der Waals surface area contributed by atoms with Gasteiger partial charge in [-0.2, -0.15) is 0 Å². The number of hydrogen-bond acceptors (Lipinski definition) is 7. The van der Waals surface area contributed by atoms with Crippen molar-refractivity contribution in [3.63, 3.8) is 0 Å². The van der Waals surface area contributed by atoms with Gasteiger partial charge < -0.3 is 14.6 Å². The number of aromatic nitrogens is 3. The van der Waals surface area contributed by atoms with E-state index >= 15 is 0 Å². The molecule has 0 atom stereocenters. The van der Waals surface area contributed by atoms with E-state index in [1.165, 1.54) is 25.0 Å². The normalized spacial score (nSPS) is 10.6. The standard InChI is InChI=1S/C16H13N3O5/c1-23-15(21)13-14(16(22)24-2)19(18-17-13)12-5-3-4-9-8-10(20)6-7-11(9)12/h3-8,20H,1-2H3. The molecule has 0 amide bonds. The Hall–Kier alpha value is -3.42. The van der Waals surface area contributed by atoms with E-state index in [4.69, 9.17) is 4.74 Å². The largest absolute Gasteiger partial charge is 0.508 e. The zero-order chi connectivity index (χ0) is 17.3. The summed E-state index contributed by atoms with van der Waals surface area (Å²) >= 11 is 0. The summed E-state index contributed by atoms with van der Waals surface area (Å²) < 4.78 is 10.6. The molecule has 0 aliphatic rings. The Morgan fingerprint density at radius 3 is 2.54 bits per heavy atom. The van der Waals surface area contributed by atoms with Gasteiger partial charge in [0.2, 0.25) is 5.69 Å². The minimum Gasteiger partial charge on any atom is -0.508 e. The van der Waals surface area contributed by atoms with Gasteiger partial charge in [0.05, 0.1) is 19.9 Å². The van der Waals surface area contributed by atoms with Gasteiger partial charge in [-0.05, 0) is 29.7 Å². The molecule has 0 radical (unpaired) electrons. The molecule has 0 unspecified atom stereocenters. The topological polar surface area (TPSA) is 104 Å². The number of esters is 2. The molecule has 8 heteroatoms. The third kappa shape index (κ3) is 2.43. The molecule has 2 aromatic carbocycles. The number of phenolic OH excluding ortho intramolecular Hbond substituents is 1. The zero-order valence-electron chi connectivity index (χ0n) is 12.9. The van der Waals surface area contributed by atoms with Crippen LogP contribution in [0.2, 0.25) is 0 Å². The summed E-state index contributed by atoms with van der Waals surface area (Å²) in [5, 5.41) is 18.7. The van der Waals surface area contributed by atoms with Gasteiger partial charge in [-0.1, -0.05) is 17.3 Å². The summed E-state index contributed by atoms with van der Waals surface area (Å²) in [6.07, 6.45) is 0. The first kappa shape index (κ1) is 15.5. The Bertz CT molecular complexity index is 948. The maximum atomic E-state index is 12.1. The average molecular weight is 327 g/mol. The minimum absolute atomic E-state index is 0.113. The van der Waals surface area contributed by atoms with Crippen molar-refractivity contribution >= 4 is 22.7 Å². The van der Waals surface area contributed by atoms with E-state index in [1.54, 1.807) is 30.3 Å². The third-order valence-corrected chi connectivity index (χ3v) is 3.50. The first-order valence-corrected chi connectivity index (χ1v) is 6.91. The van der Waals surface area contributed by atoms with E-state index in [0.717, 1.165) is 5.39 Å². The molecule has 0 aliphatic carbocycles. The molecule has 8 nitrogen and oxygen atoms in total. The van der Waals surface area contributed by atoms with Gasteiger partial charge in [0.25, 0.3) is 0 Å². The summed E-state index contributed by atoms with van der Waals surface area (Å²) in [7, 11) is 2.38. The molecular formula is C16H13N3O5. The van der Waals surface area contributed by atoms with Crippen LogP contribution in [0.25, 0.3) is 16.5 Å². The maximum Gasteiger partial charge on any atom is 0.361 e. The van der Waals surface area contributed by atoms with E-state index in [-0.39, 0.29) is 17.1 Å². The molecule has 0 spiro atoms. The molecular weight excluding hydrogens is 314 g/mol. The molecule has 0 fully saturated rings. The Morgan fingerprint density at radius 1 is 1.08 bits per heavy atom. The van der Waals surface area contributed by atoms with Crippen molar-refractivity contribution in [2.75, 3.05) is 14.2 Å². The number of methoxy groups -OCH3 is 2. The van der Waals surface area contributed by atoms with E-state index < -0.39 is 11.9 Å². The third-order valence-electron chi connectivity index (χ3n) is 3.50. The summed E-state index contributed by atoms with van der Waals surface area (Å²) in [6, 6.07) is 10.0. The maximum absolute atomic E-state index is 12.1. The van der Waals surface area contributed by atoms with Crippen LogP contribution in [-0.2, 0) is 9.47 Å². The van der Waals surface area contributed by atoms with Crippen LogP contribution in [0.3, 0.4) is 0 Å². The number of carbonyl (C=O) groups excluding carboxylic acids is 2. The summed E-state index contributed by atoms with van der Waals surface area (Å²) in [6.45, 7) is 0. The van der Waals surface area contributed by atoms with Gasteiger partial charge in [-0.3, -0.25) is 0 Å². The lowest BCUT2D eigenvalue weighted by Crippen LogP contribution is -2.15. The summed E-state index contributed by atoms with van der Waals surface area (Å²) in [5.41, 5.74) is 0.139. The highest BCUT2D eigenvalue weighted by Gasteiger charge is 2.28. The Labute approximate surface area is 136 Å². The molecule has 0 aliphatic heterocycles. The molecule has 0 saturated heterocycles. The summed E-state index contributed by atoms with van der Waals surface area (Å²) in [4.78, 5) is 24.0. The second kappa shape index (κ2) is 5.99. The van der Waals surface area contributed by atoms with Crippen LogP contribution in [0.1, 0.15) is 21.0 Å². The van der Waals surface area contributed by atoms with Gasteiger partial charge in [-0.25, -0.2) is 14.3 Å². The van der Waals surface area contributed by atoms with Crippen LogP contribution < -0.4 is 0 Å². The van der Waals surface area contributed by atoms with Gasteiger partial charge in [-0.15, -0.1) is 5.10 Å². The van der Waals surface area contributed by atoms with Crippen LogP contribution in [-0.4, -0.2) is 46.3 Å². The number of fused-ring (bicyclic) bond motifs is 1. The number of rotatable bonds is 3. The number of ether oxygens (including phenoxy) is 2. The SMILES string of the molecule is COC(=O)c1nnn(-c2cccc3cc(O)ccc23)c1C(=O)OC. The molecule has 1 aromatic heterocycles. The number of nitrogens with zero attached hydrogens (tertiary/aromatic N) is 3. The fraction of sp³-hybridized carbons (Fsp3) is 0.125. The van der Waals surface area contributed by atoms with Crippen LogP contribution in [0, 0.1) is 0 Å². The van der Waals surface area contributed by atoms with Gasteiger partial charge in [0.15, 0.2) is 5.69 Å². The number of hydrogen-bond donors (Lipinski definition) is 1. The van der Waals surface area contributed by atoms with Crippen molar-refractivity contribution in [3.8, 4) is 11.4 Å². The molecule has 3 rings (SSSR count). The zero-order valence-corrected chi connectivity index (χ0v) is 12.9. The highest BCUT2D eigenvalue weighted by molar-refractivity contribution is 6.01. The van der Waals surface area contributed by atoms with Crippen molar-refractivity contribution in [3.05, 3.63) is 47.8 Å². The molecule has 24 heavy (non-hydrogen) atoms. The lowest BCUT2D eigenvalue weighted by atomic mass is 10.1. The Balaban J connectivity index is 2.29. The molecule has 0 bridgehead atoms. The fourth-order valence-electron chi connectivity index (χ4n) is 2.40. The molecule has 3 aromatic rings. The molecule has 1 heterocycles. The van der Waals surface area contributed by atoms with Crippen molar-refractivity contribution in [2.24, 2.45) is 0 Å². The number of benzene rings is 2. The van der Waals surface area contributed by atoms with E-state index in [0.29, 0.717) is 11.1 Å². The van der Waals surface area contributed by atoms with Crippen LogP contribution >= 0.6 is 0 Å². The molecule has 1 N–H and O–H groups in total.